The molecule has 4 nitrogen and oxygen atoms in total. The number of benzene rings is 1. The molecule has 0 amide bonds. The van der Waals surface area contributed by atoms with Crippen LogP contribution in [0.5, 0.6) is 0 Å². The molecular weight excluding hydrogens is 304 g/mol. The van der Waals surface area contributed by atoms with Gasteiger partial charge in [0.15, 0.2) is 0 Å². The van der Waals surface area contributed by atoms with E-state index in [1.54, 1.807) is 0 Å². The van der Waals surface area contributed by atoms with E-state index in [9.17, 15) is 0 Å². The molecule has 0 saturated heterocycles. The quantitative estimate of drug-likeness (QED) is 0.674. The molecule has 100 valence electrons. The Morgan fingerprint density at radius 1 is 1.37 bits per heavy atom. The van der Waals surface area contributed by atoms with Crippen LogP contribution in [0.15, 0.2) is 22.7 Å². The summed E-state index contributed by atoms with van der Waals surface area (Å²) in [4.78, 5) is 0. The molecule has 0 aliphatic heterocycles. The minimum atomic E-state index is 0.100. The number of nitrogens with zero attached hydrogens (tertiary/aromatic N) is 2. The number of amidine groups is 1. The van der Waals surface area contributed by atoms with Gasteiger partial charge in [-0.3, -0.25) is 10.1 Å². The Morgan fingerprint density at radius 3 is 2.53 bits per heavy atom. The lowest BCUT2D eigenvalue weighted by Gasteiger charge is -2.09. The molecule has 2 aromatic rings. The van der Waals surface area contributed by atoms with Crippen LogP contribution in [0.3, 0.4) is 0 Å². The number of halogens is 1. The van der Waals surface area contributed by atoms with E-state index in [0.717, 1.165) is 33.5 Å². The van der Waals surface area contributed by atoms with Crippen molar-refractivity contribution in [1.82, 2.24) is 9.78 Å². The Morgan fingerprint density at radius 2 is 2.05 bits per heavy atom. The number of aromatic nitrogens is 2. The smallest absolute Gasteiger partial charge is 0.122 e. The van der Waals surface area contributed by atoms with Crippen molar-refractivity contribution in [2.24, 2.45) is 5.73 Å². The number of rotatable bonds is 3. The van der Waals surface area contributed by atoms with Crippen molar-refractivity contribution in [1.29, 1.82) is 5.41 Å². The molecule has 3 N–H and O–H groups in total. The van der Waals surface area contributed by atoms with E-state index in [1.165, 1.54) is 5.56 Å². The summed E-state index contributed by atoms with van der Waals surface area (Å²) in [7, 11) is 0. The van der Waals surface area contributed by atoms with Crippen LogP contribution in [0.1, 0.15) is 28.1 Å². The summed E-state index contributed by atoms with van der Waals surface area (Å²) >= 11 is 3.53. The Balaban J connectivity index is 2.33. The molecule has 19 heavy (non-hydrogen) atoms. The molecule has 5 heteroatoms. The third kappa shape index (κ3) is 2.71. The predicted molar refractivity (Wildman–Crippen MR) is 80.7 cm³/mol. The molecular formula is C14H17BrN4. The highest BCUT2D eigenvalue weighted by molar-refractivity contribution is 9.10. The van der Waals surface area contributed by atoms with E-state index >= 15 is 0 Å². The zero-order valence-electron chi connectivity index (χ0n) is 11.3. The normalized spacial score (nSPS) is 10.7. The zero-order chi connectivity index (χ0) is 14.2. The molecule has 1 aromatic carbocycles. The lowest BCUT2D eigenvalue weighted by molar-refractivity contribution is 0.656. The maximum atomic E-state index is 7.44. The van der Waals surface area contributed by atoms with Crippen molar-refractivity contribution in [2.75, 3.05) is 0 Å². The molecule has 0 unspecified atom stereocenters. The van der Waals surface area contributed by atoms with Crippen LogP contribution in [0, 0.1) is 26.2 Å². The summed E-state index contributed by atoms with van der Waals surface area (Å²) < 4.78 is 3.04. The third-order valence-corrected chi connectivity index (χ3v) is 4.41. The lowest BCUT2D eigenvalue weighted by Crippen LogP contribution is -2.12. The zero-order valence-corrected chi connectivity index (χ0v) is 12.9. The fourth-order valence-corrected chi connectivity index (χ4v) is 2.32. The van der Waals surface area contributed by atoms with Gasteiger partial charge >= 0.3 is 0 Å². The SMILES string of the molecule is Cc1cc(C(=N)N)ccc1Cn1nc(C)c(Br)c1C. The highest BCUT2D eigenvalue weighted by Crippen LogP contribution is 2.21. The summed E-state index contributed by atoms with van der Waals surface area (Å²) in [6.07, 6.45) is 0. The summed E-state index contributed by atoms with van der Waals surface area (Å²) in [6, 6.07) is 5.83. The molecule has 0 atom stereocenters. The van der Waals surface area contributed by atoms with E-state index in [0.29, 0.717) is 0 Å². The number of hydrogen-bond donors (Lipinski definition) is 2. The summed E-state index contributed by atoms with van der Waals surface area (Å²) in [5, 5.41) is 11.9. The van der Waals surface area contributed by atoms with E-state index in [2.05, 4.69) is 21.0 Å². The second-order valence-corrected chi connectivity index (χ2v) is 5.49. The Hall–Kier alpha value is -1.62. The van der Waals surface area contributed by atoms with E-state index in [1.807, 2.05) is 43.7 Å². The molecule has 0 saturated carbocycles. The molecule has 2 rings (SSSR count). The van der Waals surface area contributed by atoms with Crippen molar-refractivity contribution >= 4 is 21.8 Å². The first-order chi connectivity index (χ1) is 8.90. The molecule has 0 spiro atoms. The second-order valence-electron chi connectivity index (χ2n) is 4.70. The van der Waals surface area contributed by atoms with Crippen LogP contribution in [-0.4, -0.2) is 15.6 Å². The standard InChI is InChI=1S/C14H17BrN4/c1-8-6-11(14(16)17)4-5-12(8)7-19-10(3)13(15)9(2)18-19/h4-6H,7H2,1-3H3,(H3,16,17). The first-order valence-electron chi connectivity index (χ1n) is 6.03. The van der Waals surface area contributed by atoms with Crippen molar-refractivity contribution in [3.63, 3.8) is 0 Å². The molecule has 1 heterocycles. The summed E-state index contributed by atoms with van der Waals surface area (Å²) in [6.45, 7) is 6.79. The van der Waals surface area contributed by atoms with Gasteiger partial charge in [-0.2, -0.15) is 5.10 Å². The largest absolute Gasteiger partial charge is 0.384 e. The summed E-state index contributed by atoms with van der Waals surface area (Å²) in [5.74, 6) is 0.100. The monoisotopic (exact) mass is 320 g/mol. The maximum Gasteiger partial charge on any atom is 0.122 e. The van der Waals surface area contributed by atoms with Crippen LogP contribution in [0.4, 0.5) is 0 Å². The van der Waals surface area contributed by atoms with Crippen LogP contribution in [0.25, 0.3) is 0 Å². The van der Waals surface area contributed by atoms with E-state index < -0.39 is 0 Å². The number of nitrogen functional groups attached to an aromatic ring is 1. The van der Waals surface area contributed by atoms with Gasteiger partial charge in [0.1, 0.15) is 5.84 Å². The molecule has 0 bridgehead atoms. The van der Waals surface area contributed by atoms with Gasteiger partial charge in [-0.1, -0.05) is 12.1 Å². The van der Waals surface area contributed by atoms with Crippen molar-refractivity contribution < 1.29 is 0 Å². The fourth-order valence-electron chi connectivity index (χ4n) is 2.03. The molecule has 0 radical (unpaired) electrons. The van der Waals surface area contributed by atoms with E-state index in [-0.39, 0.29) is 5.84 Å². The van der Waals surface area contributed by atoms with Crippen molar-refractivity contribution in [3.8, 4) is 0 Å². The van der Waals surface area contributed by atoms with Gasteiger partial charge in [0.05, 0.1) is 22.4 Å². The average Bonchev–Trinajstić information content (AvgIpc) is 2.59. The van der Waals surface area contributed by atoms with Gasteiger partial charge in [-0.15, -0.1) is 0 Å². The van der Waals surface area contributed by atoms with Gasteiger partial charge < -0.3 is 5.73 Å². The van der Waals surface area contributed by atoms with Gasteiger partial charge in [-0.25, -0.2) is 0 Å². The van der Waals surface area contributed by atoms with Crippen molar-refractivity contribution in [2.45, 2.75) is 27.3 Å². The Labute approximate surface area is 121 Å². The predicted octanol–water partition coefficient (Wildman–Crippen LogP) is 2.90. The highest BCUT2D eigenvalue weighted by Gasteiger charge is 2.10. The topological polar surface area (TPSA) is 67.7 Å². The van der Waals surface area contributed by atoms with Gasteiger partial charge in [0, 0.05) is 5.56 Å². The maximum absolute atomic E-state index is 7.44. The Bertz CT molecular complexity index is 643. The van der Waals surface area contributed by atoms with E-state index in [4.69, 9.17) is 11.1 Å². The lowest BCUT2D eigenvalue weighted by atomic mass is 10.0. The van der Waals surface area contributed by atoms with Gasteiger partial charge in [-0.05, 0) is 53.9 Å². The van der Waals surface area contributed by atoms with Gasteiger partial charge in [0.2, 0.25) is 0 Å². The van der Waals surface area contributed by atoms with Crippen LogP contribution >= 0.6 is 15.9 Å². The minimum absolute atomic E-state index is 0.100. The van der Waals surface area contributed by atoms with Gasteiger partial charge in [0.25, 0.3) is 0 Å². The first-order valence-corrected chi connectivity index (χ1v) is 6.83. The molecule has 0 aliphatic rings. The number of nitrogens with one attached hydrogen (secondary N) is 1. The second kappa shape index (κ2) is 5.17. The van der Waals surface area contributed by atoms with Crippen LogP contribution in [0.2, 0.25) is 0 Å². The number of hydrogen-bond acceptors (Lipinski definition) is 2. The molecule has 0 fully saturated rings. The minimum Gasteiger partial charge on any atom is -0.384 e. The van der Waals surface area contributed by atoms with Crippen LogP contribution in [-0.2, 0) is 6.54 Å². The average molecular weight is 321 g/mol. The summed E-state index contributed by atoms with van der Waals surface area (Å²) in [5.41, 5.74) is 10.7. The molecule has 0 aliphatic carbocycles. The fraction of sp³-hybridized carbons (Fsp3) is 0.286. The molecule has 1 aromatic heterocycles. The highest BCUT2D eigenvalue weighted by atomic mass is 79.9. The third-order valence-electron chi connectivity index (χ3n) is 3.27. The number of aryl methyl sites for hydroxylation is 2. The van der Waals surface area contributed by atoms with Crippen molar-refractivity contribution in [3.05, 3.63) is 50.8 Å². The van der Waals surface area contributed by atoms with Crippen LogP contribution < -0.4 is 5.73 Å². The number of nitrogens with two attached hydrogens (primary N) is 1. The Kier molecular flexibility index (Phi) is 3.75. The first kappa shape index (κ1) is 13.8.